The van der Waals surface area contributed by atoms with Crippen LogP contribution in [0.15, 0.2) is 52.8 Å². The van der Waals surface area contributed by atoms with E-state index in [1.165, 1.54) is 5.56 Å². The Morgan fingerprint density at radius 3 is 2.44 bits per heavy atom. The van der Waals surface area contributed by atoms with Crippen LogP contribution in [0.25, 0.3) is 11.3 Å². The van der Waals surface area contributed by atoms with Crippen molar-refractivity contribution in [2.45, 2.75) is 19.9 Å². The minimum absolute atomic E-state index is 0.137. The number of benzene rings is 2. The molecule has 0 bridgehead atoms. The van der Waals surface area contributed by atoms with Crippen molar-refractivity contribution in [2.24, 2.45) is 4.99 Å². The molecule has 3 aromatic rings. The zero-order valence-corrected chi connectivity index (χ0v) is 16.6. The van der Waals surface area contributed by atoms with E-state index in [0.29, 0.717) is 24.5 Å². The molecular weight excluding hydrogens is 360 g/mol. The molecular formula is C21H24N2O3S. The second-order valence-electron chi connectivity index (χ2n) is 6.15. The molecule has 0 saturated carbocycles. The molecule has 0 fully saturated rings. The number of aromatic nitrogens is 1. The molecule has 6 heteroatoms. The molecule has 0 amide bonds. The van der Waals surface area contributed by atoms with E-state index in [-0.39, 0.29) is 6.61 Å². The first-order valence-corrected chi connectivity index (χ1v) is 9.67. The van der Waals surface area contributed by atoms with Crippen LogP contribution >= 0.6 is 11.3 Å². The lowest BCUT2D eigenvalue weighted by atomic mass is 10.1. The number of hydrogen-bond acceptors (Lipinski definition) is 5. The van der Waals surface area contributed by atoms with E-state index in [0.717, 1.165) is 21.7 Å². The summed E-state index contributed by atoms with van der Waals surface area (Å²) in [6, 6.07) is 14.0. The molecule has 0 aliphatic heterocycles. The highest BCUT2D eigenvalue weighted by atomic mass is 32.1. The Labute approximate surface area is 163 Å². The normalized spacial score (nSPS) is 11.6. The average molecular weight is 385 g/mol. The van der Waals surface area contributed by atoms with Crippen molar-refractivity contribution >= 4 is 17.0 Å². The summed E-state index contributed by atoms with van der Waals surface area (Å²) in [7, 11) is 3.26. The number of rotatable bonds is 7. The average Bonchev–Trinajstić information content (AvgIpc) is 3.09. The van der Waals surface area contributed by atoms with Crippen LogP contribution in [0.4, 0.5) is 5.69 Å². The Morgan fingerprint density at radius 2 is 1.78 bits per heavy atom. The Kier molecular flexibility index (Phi) is 6.32. The van der Waals surface area contributed by atoms with Crippen LogP contribution in [0.1, 0.15) is 12.0 Å². The van der Waals surface area contributed by atoms with Gasteiger partial charge in [-0.15, -0.1) is 11.3 Å². The van der Waals surface area contributed by atoms with Gasteiger partial charge in [0.15, 0.2) is 16.3 Å². The SMILES string of the molecule is COc1ccc(-c2csc(=Nc3ccc(C)cc3)n2CCCO)cc1OC. The van der Waals surface area contributed by atoms with E-state index in [1.54, 1.807) is 25.6 Å². The van der Waals surface area contributed by atoms with Crippen LogP contribution in [-0.4, -0.2) is 30.5 Å². The molecule has 5 nitrogen and oxygen atoms in total. The fraction of sp³-hybridized carbons (Fsp3) is 0.286. The minimum atomic E-state index is 0.137. The summed E-state index contributed by atoms with van der Waals surface area (Å²) < 4.78 is 12.9. The van der Waals surface area contributed by atoms with Crippen molar-refractivity contribution < 1.29 is 14.6 Å². The van der Waals surface area contributed by atoms with Gasteiger partial charge >= 0.3 is 0 Å². The van der Waals surface area contributed by atoms with Crippen molar-refractivity contribution in [2.75, 3.05) is 20.8 Å². The maximum absolute atomic E-state index is 9.31. The molecule has 0 unspecified atom stereocenters. The van der Waals surface area contributed by atoms with E-state index >= 15 is 0 Å². The quantitative estimate of drug-likeness (QED) is 0.666. The van der Waals surface area contributed by atoms with Gasteiger partial charge in [0.25, 0.3) is 0 Å². The van der Waals surface area contributed by atoms with Crippen molar-refractivity contribution in [3.8, 4) is 22.8 Å². The van der Waals surface area contributed by atoms with Gasteiger partial charge in [-0.2, -0.15) is 0 Å². The van der Waals surface area contributed by atoms with Gasteiger partial charge in [0.1, 0.15) is 0 Å². The number of methoxy groups -OCH3 is 2. The summed E-state index contributed by atoms with van der Waals surface area (Å²) in [5.74, 6) is 1.38. The third-order valence-electron chi connectivity index (χ3n) is 4.28. The van der Waals surface area contributed by atoms with Crippen LogP contribution in [0.5, 0.6) is 11.5 Å². The smallest absolute Gasteiger partial charge is 0.190 e. The van der Waals surface area contributed by atoms with E-state index < -0.39 is 0 Å². The van der Waals surface area contributed by atoms with Gasteiger partial charge in [0.05, 0.1) is 25.6 Å². The van der Waals surface area contributed by atoms with Crippen LogP contribution in [0.3, 0.4) is 0 Å². The van der Waals surface area contributed by atoms with Crippen molar-refractivity contribution in [3.05, 3.63) is 58.2 Å². The number of thiazole rings is 1. The zero-order valence-electron chi connectivity index (χ0n) is 15.8. The lowest BCUT2D eigenvalue weighted by Gasteiger charge is -2.12. The summed E-state index contributed by atoms with van der Waals surface area (Å²) >= 11 is 1.59. The second kappa shape index (κ2) is 8.88. The molecule has 142 valence electrons. The summed E-state index contributed by atoms with van der Waals surface area (Å²) in [5.41, 5.74) is 4.19. The Hall–Kier alpha value is -2.57. The lowest BCUT2D eigenvalue weighted by Crippen LogP contribution is -2.16. The molecule has 0 spiro atoms. The molecule has 0 saturated heterocycles. The first kappa shape index (κ1) is 19.2. The number of nitrogens with zero attached hydrogens (tertiary/aromatic N) is 2. The van der Waals surface area contributed by atoms with E-state index in [2.05, 4.69) is 29.0 Å². The van der Waals surface area contributed by atoms with Crippen LogP contribution in [0, 0.1) is 6.92 Å². The zero-order chi connectivity index (χ0) is 19.2. The summed E-state index contributed by atoms with van der Waals surface area (Å²) in [4.78, 5) is 5.70. The van der Waals surface area contributed by atoms with Gasteiger partial charge in [-0.1, -0.05) is 17.7 Å². The molecule has 0 radical (unpaired) electrons. The summed E-state index contributed by atoms with van der Waals surface area (Å²) in [6.45, 7) is 2.89. The predicted octanol–water partition coefficient (Wildman–Crippen LogP) is 4.16. The van der Waals surface area contributed by atoms with Gasteiger partial charge in [-0.3, -0.25) is 0 Å². The third kappa shape index (κ3) is 4.40. The van der Waals surface area contributed by atoms with Crippen molar-refractivity contribution in [1.29, 1.82) is 0 Å². The highest BCUT2D eigenvalue weighted by Gasteiger charge is 2.11. The minimum Gasteiger partial charge on any atom is -0.493 e. The lowest BCUT2D eigenvalue weighted by molar-refractivity contribution is 0.279. The topological polar surface area (TPSA) is 56.0 Å². The van der Waals surface area contributed by atoms with E-state index in [4.69, 9.17) is 14.5 Å². The number of aliphatic hydroxyl groups excluding tert-OH is 1. The third-order valence-corrected chi connectivity index (χ3v) is 5.14. The second-order valence-corrected chi connectivity index (χ2v) is 6.99. The van der Waals surface area contributed by atoms with Crippen LogP contribution < -0.4 is 14.3 Å². The van der Waals surface area contributed by atoms with Gasteiger partial charge in [-0.05, 0) is 43.7 Å². The Morgan fingerprint density at radius 1 is 1.04 bits per heavy atom. The number of aryl methyl sites for hydroxylation is 1. The van der Waals surface area contributed by atoms with Gasteiger partial charge in [0.2, 0.25) is 0 Å². The molecule has 1 N–H and O–H groups in total. The van der Waals surface area contributed by atoms with Crippen molar-refractivity contribution in [3.63, 3.8) is 0 Å². The van der Waals surface area contributed by atoms with E-state index in [9.17, 15) is 5.11 Å². The summed E-state index contributed by atoms with van der Waals surface area (Å²) in [6.07, 6.45) is 0.665. The van der Waals surface area contributed by atoms with Crippen LogP contribution in [0.2, 0.25) is 0 Å². The highest BCUT2D eigenvalue weighted by Crippen LogP contribution is 2.32. The van der Waals surface area contributed by atoms with Crippen molar-refractivity contribution in [1.82, 2.24) is 4.57 Å². The van der Waals surface area contributed by atoms with Crippen LogP contribution in [-0.2, 0) is 6.54 Å². The largest absolute Gasteiger partial charge is 0.493 e. The first-order chi connectivity index (χ1) is 13.2. The molecule has 0 aliphatic carbocycles. The molecule has 2 aromatic carbocycles. The maximum atomic E-state index is 9.31. The predicted molar refractivity (Wildman–Crippen MR) is 109 cm³/mol. The van der Waals surface area contributed by atoms with Gasteiger partial charge in [-0.25, -0.2) is 4.99 Å². The Balaban J connectivity index is 2.08. The molecule has 1 aromatic heterocycles. The molecule has 3 rings (SSSR count). The van der Waals surface area contributed by atoms with Gasteiger partial charge < -0.3 is 19.1 Å². The molecule has 0 atom stereocenters. The molecule has 27 heavy (non-hydrogen) atoms. The monoisotopic (exact) mass is 384 g/mol. The molecule has 1 heterocycles. The number of aliphatic hydroxyl groups is 1. The summed E-state index contributed by atoms with van der Waals surface area (Å²) in [5, 5.41) is 11.4. The highest BCUT2D eigenvalue weighted by molar-refractivity contribution is 7.07. The van der Waals surface area contributed by atoms with E-state index in [1.807, 2.05) is 30.3 Å². The maximum Gasteiger partial charge on any atom is 0.190 e. The fourth-order valence-electron chi connectivity index (χ4n) is 2.82. The number of hydrogen-bond donors (Lipinski definition) is 1. The number of ether oxygens (including phenoxy) is 2. The first-order valence-electron chi connectivity index (χ1n) is 8.79. The standard InChI is InChI=1S/C21H24N2O3S/c1-15-5-8-17(9-6-15)22-21-23(11-4-12-24)18(14-27-21)16-7-10-19(25-2)20(13-16)26-3/h5-10,13-14,24H,4,11-12H2,1-3H3. The molecule has 0 aliphatic rings. The fourth-order valence-corrected chi connectivity index (χ4v) is 3.77. The van der Waals surface area contributed by atoms with Gasteiger partial charge in [0, 0.05) is 24.1 Å². The Bertz CT molecular complexity index is 958.